The normalized spacial score (nSPS) is 17.2. The van der Waals surface area contributed by atoms with Crippen molar-refractivity contribution in [2.75, 3.05) is 17.9 Å². The Morgan fingerprint density at radius 3 is 2.44 bits per heavy atom. The summed E-state index contributed by atoms with van der Waals surface area (Å²) in [4.78, 5) is 0.00347. The number of alkyl halides is 3. The Hall–Kier alpha value is -2.26. The Balaban J connectivity index is 1.87. The summed E-state index contributed by atoms with van der Waals surface area (Å²) >= 11 is 0. The van der Waals surface area contributed by atoms with Crippen molar-refractivity contribution >= 4 is 15.7 Å². The quantitative estimate of drug-likeness (QED) is 0.789. The highest BCUT2D eigenvalue weighted by Crippen LogP contribution is 2.38. The number of benzene rings is 2. The molecular formula is C16H14F3NO4S. The van der Waals surface area contributed by atoms with Crippen LogP contribution in [0.3, 0.4) is 0 Å². The first-order chi connectivity index (χ1) is 11.8. The van der Waals surface area contributed by atoms with Crippen LogP contribution in [0.25, 0.3) is 0 Å². The van der Waals surface area contributed by atoms with Gasteiger partial charge in [0.05, 0.1) is 22.8 Å². The molecule has 0 bridgehead atoms. The van der Waals surface area contributed by atoms with Crippen LogP contribution >= 0.6 is 0 Å². The van der Waals surface area contributed by atoms with Crippen LogP contribution < -0.4 is 9.46 Å². The van der Waals surface area contributed by atoms with Gasteiger partial charge in [-0.05, 0) is 24.3 Å². The van der Waals surface area contributed by atoms with E-state index in [1.54, 1.807) is 18.2 Å². The largest absolute Gasteiger partial charge is 0.490 e. The van der Waals surface area contributed by atoms with Crippen LogP contribution in [-0.2, 0) is 20.9 Å². The molecule has 0 aromatic heterocycles. The summed E-state index contributed by atoms with van der Waals surface area (Å²) in [6.07, 6.45) is -4.85. The fourth-order valence-electron chi connectivity index (χ4n) is 2.10. The Labute approximate surface area is 142 Å². The van der Waals surface area contributed by atoms with Crippen molar-refractivity contribution in [2.45, 2.75) is 17.2 Å². The van der Waals surface area contributed by atoms with Crippen molar-refractivity contribution in [1.82, 2.24) is 0 Å². The predicted octanol–water partition coefficient (Wildman–Crippen LogP) is 3.28. The van der Waals surface area contributed by atoms with Crippen molar-refractivity contribution in [2.24, 2.45) is 0 Å². The molecule has 0 radical (unpaired) electrons. The van der Waals surface area contributed by atoms with Gasteiger partial charge in [-0.15, -0.1) is 0 Å². The molecule has 1 heterocycles. The van der Waals surface area contributed by atoms with Gasteiger partial charge < -0.3 is 9.47 Å². The van der Waals surface area contributed by atoms with E-state index >= 15 is 0 Å². The standard InChI is InChI=1S/C16H14F3NO4S/c17-16(18,19)14-7-6-11(8-15(14)24-10-12-9-23-12)20-25(21,22)13-4-2-1-3-5-13/h1-8,12,20H,9-10H2. The molecular weight excluding hydrogens is 359 g/mol. The average molecular weight is 373 g/mol. The van der Waals surface area contributed by atoms with Crippen molar-refractivity contribution in [3.63, 3.8) is 0 Å². The molecule has 0 amide bonds. The minimum atomic E-state index is -4.61. The molecule has 2 aromatic carbocycles. The van der Waals surface area contributed by atoms with E-state index in [-0.39, 0.29) is 23.3 Å². The molecule has 1 saturated heterocycles. The number of epoxide rings is 1. The molecule has 25 heavy (non-hydrogen) atoms. The second kappa shape index (κ2) is 6.57. The lowest BCUT2D eigenvalue weighted by molar-refractivity contribution is -0.139. The summed E-state index contributed by atoms with van der Waals surface area (Å²) in [7, 11) is -3.91. The zero-order valence-electron chi connectivity index (χ0n) is 12.8. The summed E-state index contributed by atoms with van der Waals surface area (Å²) in [6, 6.07) is 10.4. The molecule has 1 atom stereocenters. The van der Waals surface area contributed by atoms with Crippen LogP contribution in [0.1, 0.15) is 5.56 Å². The van der Waals surface area contributed by atoms with E-state index in [4.69, 9.17) is 9.47 Å². The molecule has 1 aliphatic rings. The Bertz CT molecular complexity index is 849. The van der Waals surface area contributed by atoms with E-state index in [0.717, 1.165) is 18.2 Å². The third-order valence-electron chi connectivity index (χ3n) is 3.42. The summed E-state index contributed by atoms with van der Waals surface area (Å²) in [5.41, 5.74) is -1.00. The minimum absolute atomic E-state index is 0.00347. The Kier molecular flexibility index (Phi) is 4.61. The molecule has 5 nitrogen and oxygen atoms in total. The van der Waals surface area contributed by atoms with Crippen LogP contribution in [0.2, 0.25) is 0 Å². The third kappa shape index (κ3) is 4.43. The highest BCUT2D eigenvalue weighted by atomic mass is 32.2. The number of nitrogens with one attached hydrogen (secondary N) is 1. The lowest BCUT2D eigenvalue weighted by Gasteiger charge is -2.15. The summed E-state index contributed by atoms with van der Waals surface area (Å²) < 4.78 is 76.1. The lowest BCUT2D eigenvalue weighted by atomic mass is 10.1. The Morgan fingerprint density at radius 2 is 1.84 bits per heavy atom. The fourth-order valence-corrected chi connectivity index (χ4v) is 3.17. The molecule has 0 aliphatic carbocycles. The zero-order valence-corrected chi connectivity index (χ0v) is 13.6. The maximum atomic E-state index is 13.1. The van der Waals surface area contributed by atoms with Gasteiger partial charge in [0.15, 0.2) is 0 Å². The number of hydrogen-bond donors (Lipinski definition) is 1. The summed E-state index contributed by atoms with van der Waals surface area (Å²) in [5.74, 6) is -0.448. The molecule has 0 spiro atoms. The van der Waals surface area contributed by atoms with Gasteiger partial charge in [0.1, 0.15) is 18.5 Å². The third-order valence-corrected chi connectivity index (χ3v) is 4.82. The van der Waals surface area contributed by atoms with Crippen molar-refractivity contribution in [3.05, 3.63) is 54.1 Å². The van der Waals surface area contributed by atoms with Gasteiger partial charge in [0.2, 0.25) is 0 Å². The van der Waals surface area contributed by atoms with Gasteiger partial charge >= 0.3 is 6.18 Å². The van der Waals surface area contributed by atoms with Gasteiger partial charge in [-0.25, -0.2) is 8.42 Å². The van der Waals surface area contributed by atoms with Crippen LogP contribution in [0.15, 0.2) is 53.4 Å². The van der Waals surface area contributed by atoms with Crippen LogP contribution in [0.5, 0.6) is 5.75 Å². The molecule has 1 fully saturated rings. The van der Waals surface area contributed by atoms with E-state index in [1.807, 2.05) is 0 Å². The first kappa shape index (κ1) is 17.6. The van der Waals surface area contributed by atoms with E-state index < -0.39 is 27.5 Å². The van der Waals surface area contributed by atoms with Crippen LogP contribution in [0.4, 0.5) is 18.9 Å². The number of ether oxygens (including phenoxy) is 2. The van der Waals surface area contributed by atoms with E-state index in [2.05, 4.69) is 4.72 Å². The maximum Gasteiger partial charge on any atom is 0.419 e. The molecule has 1 N–H and O–H groups in total. The zero-order chi connectivity index (χ0) is 18.1. The predicted molar refractivity (Wildman–Crippen MR) is 83.9 cm³/mol. The van der Waals surface area contributed by atoms with Crippen LogP contribution in [-0.4, -0.2) is 27.7 Å². The Morgan fingerprint density at radius 1 is 1.16 bits per heavy atom. The highest BCUT2D eigenvalue weighted by Gasteiger charge is 2.35. The highest BCUT2D eigenvalue weighted by molar-refractivity contribution is 7.92. The lowest BCUT2D eigenvalue weighted by Crippen LogP contribution is -2.15. The number of halogens is 3. The van der Waals surface area contributed by atoms with E-state index in [0.29, 0.717) is 6.61 Å². The van der Waals surface area contributed by atoms with E-state index in [1.165, 1.54) is 12.1 Å². The molecule has 2 aromatic rings. The summed E-state index contributed by atoms with van der Waals surface area (Å²) in [5, 5.41) is 0. The molecule has 3 rings (SSSR count). The van der Waals surface area contributed by atoms with Gasteiger partial charge in [-0.3, -0.25) is 4.72 Å². The van der Waals surface area contributed by atoms with Crippen molar-refractivity contribution < 1.29 is 31.1 Å². The number of rotatable bonds is 6. The topological polar surface area (TPSA) is 67.9 Å². The number of sulfonamides is 1. The first-order valence-electron chi connectivity index (χ1n) is 7.29. The monoisotopic (exact) mass is 373 g/mol. The first-order valence-corrected chi connectivity index (χ1v) is 8.77. The molecule has 9 heteroatoms. The average Bonchev–Trinajstić information content (AvgIpc) is 3.37. The molecule has 1 unspecified atom stereocenters. The molecule has 1 aliphatic heterocycles. The van der Waals surface area contributed by atoms with Gasteiger partial charge in [0, 0.05) is 6.07 Å². The SMILES string of the molecule is O=S(=O)(Nc1ccc(C(F)(F)F)c(OCC2CO2)c1)c1ccccc1. The van der Waals surface area contributed by atoms with E-state index in [9.17, 15) is 21.6 Å². The molecule has 134 valence electrons. The van der Waals surface area contributed by atoms with Gasteiger partial charge in [-0.1, -0.05) is 18.2 Å². The maximum absolute atomic E-state index is 13.1. The fraction of sp³-hybridized carbons (Fsp3) is 0.250. The van der Waals surface area contributed by atoms with Crippen molar-refractivity contribution in [3.8, 4) is 5.75 Å². The second-order valence-electron chi connectivity index (χ2n) is 5.39. The second-order valence-corrected chi connectivity index (χ2v) is 7.08. The van der Waals surface area contributed by atoms with Gasteiger partial charge in [-0.2, -0.15) is 13.2 Å². The van der Waals surface area contributed by atoms with Gasteiger partial charge in [0.25, 0.3) is 10.0 Å². The summed E-state index contributed by atoms with van der Waals surface area (Å²) in [6.45, 7) is 0.402. The van der Waals surface area contributed by atoms with Crippen LogP contribution in [0, 0.1) is 0 Å². The minimum Gasteiger partial charge on any atom is -0.490 e. The number of anilines is 1. The molecule has 0 saturated carbocycles. The van der Waals surface area contributed by atoms with Crippen molar-refractivity contribution in [1.29, 1.82) is 0 Å². The smallest absolute Gasteiger partial charge is 0.419 e. The number of hydrogen-bond acceptors (Lipinski definition) is 4.